The van der Waals surface area contributed by atoms with E-state index in [1.807, 2.05) is 0 Å². The molecule has 1 aromatic rings. The van der Waals surface area contributed by atoms with Gasteiger partial charge in [0.25, 0.3) is 0 Å². The zero-order valence-corrected chi connectivity index (χ0v) is 10.8. The van der Waals surface area contributed by atoms with Gasteiger partial charge in [0.1, 0.15) is 12.4 Å². The molecule has 1 aromatic heterocycles. The quantitative estimate of drug-likeness (QED) is 0.755. The minimum Gasteiger partial charge on any atom is -0.490 e. The first kappa shape index (κ1) is 12.8. The largest absolute Gasteiger partial charge is 0.490 e. The number of nitrogens with zero attached hydrogens (tertiary/aromatic N) is 2. The van der Waals surface area contributed by atoms with Gasteiger partial charge in [0.05, 0.1) is 18.9 Å². The number of carbonyl (C=O) groups excluding carboxylic acids is 1. The summed E-state index contributed by atoms with van der Waals surface area (Å²) in [5.74, 6) is 0.212. The van der Waals surface area contributed by atoms with Crippen molar-refractivity contribution in [1.82, 2.24) is 9.88 Å². The Morgan fingerprint density at radius 2 is 2.39 bits per heavy atom. The van der Waals surface area contributed by atoms with Crippen LogP contribution in [0.15, 0.2) is 18.5 Å². The van der Waals surface area contributed by atoms with Crippen molar-refractivity contribution in [2.24, 2.45) is 0 Å². The Morgan fingerprint density at radius 1 is 1.56 bits per heavy atom. The lowest BCUT2D eigenvalue weighted by Gasteiger charge is -2.19. The summed E-state index contributed by atoms with van der Waals surface area (Å²) in [5.41, 5.74) is 0.412. The number of aromatic nitrogens is 1. The Hall–Kier alpha value is -1.62. The van der Waals surface area contributed by atoms with Crippen LogP contribution in [-0.2, 0) is 4.74 Å². The summed E-state index contributed by atoms with van der Waals surface area (Å²) in [5, 5.41) is 0. The molecule has 0 saturated carbocycles. The van der Waals surface area contributed by atoms with Crippen LogP contribution in [0, 0.1) is 0 Å². The number of methoxy groups -OCH3 is 1. The molecule has 0 amide bonds. The van der Waals surface area contributed by atoms with E-state index in [0.29, 0.717) is 24.0 Å². The first-order chi connectivity index (χ1) is 8.70. The third-order valence-electron chi connectivity index (χ3n) is 3.25. The maximum atomic E-state index is 11.4. The van der Waals surface area contributed by atoms with Gasteiger partial charge in [0.15, 0.2) is 0 Å². The second-order valence-corrected chi connectivity index (χ2v) is 4.49. The molecular formula is C13H18N2O3. The monoisotopic (exact) mass is 250 g/mol. The molecule has 0 N–H and O–H groups in total. The number of ether oxygens (including phenoxy) is 2. The Kier molecular flexibility index (Phi) is 4.15. The molecule has 0 radical (unpaired) electrons. The van der Waals surface area contributed by atoms with E-state index < -0.39 is 5.97 Å². The zero-order valence-electron chi connectivity index (χ0n) is 10.8. The summed E-state index contributed by atoms with van der Waals surface area (Å²) in [6.45, 7) is 1.75. The molecule has 98 valence electrons. The number of esters is 1. The molecule has 2 rings (SSSR count). The van der Waals surface area contributed by atoms with Gasteiger partial charge in [-0.25, -0.2) is 4.79 Å². The summed E-state index contributed by atoms with van der Waals surface area (Å²) in [6, 6.07) is 2.11. The molecular weight excluding hydrogens is 232 g/mol. The van der Waals surface area contributed by atoms with Crippen molar-refractivity contribution in [2.75, 3.05) is 27.3 Å². The van der Waals surface area contributed by atoms with Crippen molar-refractivity contribution >= 4 is 5.97 Å². The zero-order chi connectivity index (χ0) is 13.0. The molecule has 1 unspecified atom stereocenters. The van der Waals surface area contributed by atoms with Crippen LogP contribution in [0.2, 0.25) is 0 Å². The molecule has 5 heteroatoms. The van der Waals surface area contributed by atoms with Gasteiger partial charge in [-0.05, 0) is 32.5 Å². The van der Waals surface area contributed by atoms with Crippen molar-refractivity contribution in [2.45, 2.75) is 18.9 Å². The maximum Gasteiger partial charge on any atom is 0.339 e. The normalized spacial score (nSPS) is 19.8. The molecule has 18 heavy (non-hydrogen) atoms. The van der Waals surface area contributed by atoms with E-state index >= 15 is 0 Å². The van der Waals surface area contributed by atoms with E-state index in [0.717, 1.165) is 13.0 Å². The third-order valence-corrected chi connectivity index (χ3v) is 3.25. The topological polar surface area (TPSA) is 51.7 Å². The maximum absolute atomic E-state index is 11.4. The Labute approximate surface area is 107 Å². The third kappa shape index (κ3) is 2.98. The first-order valence-electron chi connectivity index (χ1n) is 6.07. The molecule has 0 bridgehead atoms. The molecule has 1 saturated heterocycles. The van der Waals surface area contributed by atoms with E-state index in [9.17, 15) is 4.79 Å². The molecule has 1 atom stereocenters. The number of carbonyl (C=O) groups is 1. The van der Waals surface area contributed by atoms with Crippen LogP contribution in [0.25, 0.3) is 0 Å². The van der Waals surface area contributed by atoms with Gasteiger partial charge >= 0.3 is 5.97 Å². The van der Waals surface area contributed by atoms with Gasteiger partial charge < -0.3 is 14.4 Å². The number of hydrogen-bond donors (Lipinski definition) is 0. The molecule has 5 nitrogen and oxygen atoms in total. The van der Waals surface area contributed by atoms with Crippen molar-refractivity contribution in [3.63, 3.8) is 0 Å². The fraction of sp³-hybridized carbons (Fsp3) is 0.538. The lowest BCUT2D eigenvalue weighted by Crippen LogP contribution is -2.30. The van der Waals surface area contributed by atoms with Gasteiger partial charge in [0.2, 0.25) is 0 Å². The highest BCUT2D eigenvalue weighted by Gasteiger charge is 2.21. The average Bonchev–Trinajstić information content (AvgIpc) is 2.81. The van der Waals surface area contributed by atoms with E-state index in [4.69, 9.17) is 4.74 Å². The van der Waals surface area contributed by atoms with Gasteiger partial charge in [-0.15, -0.1) is 0 Å². The molecule has 1 aliphatic heterocycles. The lowest BCUT2D eigenvalue weighted by atomic mass is 10.2. The highest BCUT2D eigenvalue weighted by atomic mass is 16.5. The molecule has 0 aromatic carbocycles. The molecule has 2 heterocycles. The number of hydrogen-bond acceptors (Lipinski definition) is 5. The summed E-state index contributed by atoms with van der Waals surface area (Å²) >= 11 is 0. The van der Waals surface area contributed by atoms with Crippen molar-refractivity contribution < 1.29 is 14.3 Å². The van der Waals surface area contributed by atoms with Gasteiger partial charge in [-0.2, -0.15) is 0 Å². The Balaban J connectivity index is 1.95. The van der Waals surface area contributed by atoms with E-state index in [2.05, 4.69) is 21.7 Å². The first-order valence-corrected chi connectivity index (χ1v) is 6.07. The number of pyridine rings is 1. The number of likely N-dealkylation sites (tertiary alicyclic amines) is 1. The highest BCUT2D eigenvalue weighted by Crippen LogP contribution is 2.17. The lowest BCUT2D eigenvalue weighted by molar-refractivity contribution is 0.0599. The molecule has 1 aliphatic rings. The van der Waals surface area contributed by atoms with Crippen molar-refractivity contribution in [3.8, 4) is 5.75 Å². The number of rotatable bonds is 4. The van der Waals surface area contributed by atoms with Gasteiger partial charge in [0, 0.05) is 12.2 Å². The average molecular weight is 250 g/mol. The molecule has 1 fully saturated rings. The summed E-state index contributed by atoms with van der Waals surface area (Å²) < 4.78 is 10.3. The minimum absolute atomic E-state index is 0.397. The molecule has 0 aliphatic carbocycles. The minimum atomic E-state index is -0.397. The SMILES string of the molecule is COC(=O)c1cncc(OCC2CCCN2C)c1. The fourth-order valence-electron chi connectivity index (χ4n) is 2.11. The van der Waals surface area contributed by atoms with Crippen LogP contribution in [0.4, 0.5) is 0 Å². The summed E-state index contributed by atoms with van der Waals surface area (Å²) in [7, 11) is 3.45. The predicted octanol–water partition coefficient (Wildman–Crippen LogP) is 1.34. The van der Waals surface area contributed by atoms with Crippen molar-refractivity contribution in [1.29, 1.82) is 0 Å². The van der Waals surface area contributed by atoms with Gasteiger partial charge in [-0.1, -0.05) is 0 Å². The summed E-state index contributed by atoms with van der Waals surface area (Å²) in [4.78, 5) is 17.6. The second kappa shape index (κ2) is 5.82. The summed E-state index contributed by atoms with van der Waals surface area (Å²) in [6.07, 6.45) is 5.45. The second-order valence-electron chi connectivity index (χ2n) is 4.49. The van der Waals surface area contributed by atoms with E-state index in [1.54, 1.807) is 12.3 Å². The van der Waals surface area contributed by atoms with Crippen LogP contribution < -0.4 is 4.74 Å². The van der Waals surface area contributed by atoms with Crippen LogP contribution >= 0.6 is 0 Å². The smallest absolute Gasteiger partial charge is 0.339 e. The standard InChI is InChI=1S/C13H18N2O3/c1-15-5-3-4-11(15)9-18-12-6-10(7-14-8-12)13(16)17-2/h6-8,11H,3-5,9H2,1-2H3. The molecule has 0 spiro atoms. The Morgan fingerprint density at radius 3 is 3.06 bits per heavy atom. The predicted molar refractivity (Wildman–Crippen MR) is 66.7 cm³/mol. The highest BCUT2D eigenvalue weighted by molar-refractivity contribution is 5.89. The van der Waals surface area contributed by atoms with Gasteiger partial charge in [-0.3, -0.25) is 4.98 Å². The van der Waals surface area contributed by atoms with Crippen LogP contribution in [-0.4, -0.2) is 49.2 Å². The van der Waals surface area contributed by atoms with E-state index in [-0.39, 0.29) is 0 Å². The van der Waals surface area contributed by atoms with Crippen molar-refractivity contribution in [3.05, 3.63) is 24.0 Å². The number of likely N-dealkylation sites (N-methyl/N-ethyl adjacent to an activating group) is 1. The van der Waals surface area contributed by atoms with E-state index in [1.165, 1.54) is 19.7 Å². The van der Waals surface area contributed by atoms with Crippen LogP contribution in [0.1, 0.15) is 23.2 Å². The Bertz CT molecular complexity index is 422. The fourth-order valence-corrected chi connectivity index (χ4v) is 2.11. The van der Waals surface area contributed by atoms with Crippen LogP contribution in [0.3, 0.4) is 0 Å². The van der Waals surface area contributed by atoms with Crippen LogP contribution in [0.5, 0.6) is 5.75 Å².